The highest BCUT2D eigenvalue weighted by atomic mass is 79.9. The molecule has 4 nitrogen and oxygen atoms in total. The van der Waals surface area contributed by atoms with Crippen molar-refractivity contribution in [3.63, 3.8) is 0 Å². The summed E-state index contributed by atoms with van der Waals surface area (Å²) >= 11 is 9.24. The van der Waals surface area contributed by atoms with Crippen LogP contribution in [0.2, 0.25) is 5.02 Å². The third-order valence-corrected chi connectivity index (χ3v) is 3.63. The second-order valence-electron chi connectivity index (χ2n) is 4.49. The molecule has 1 amide bonds. The van der Waals surface area contributed by atoms with Crippen LogP contribution in [-0.4, -0.2) is 18.5 Å². The Bertz CT molecular complexity index is 673. The Kier molecular flexibility index (Phi) is 5.98. The number of nitrogens with one attached hydrogen (secondary N) is 1. The minimum absolute atomic E-state index is 0.118. The molecule has 0 atom stereocenters. The van der Waals surface area contributed by atoms with Crippen LogP contribution in [0.5, 0.6) is 0 Å². The van der Waals surface area contributed by atoms with Gasteiger partial charge in [-0.25, -0.2) is 0 Å². The molecule has 0 bridgehead atoms. The van der Waals surface area contributed by atoms with Gasteiger partial charge in [-0.2, -0.15) is 0 Å². The zero-order chi connectivity index (χ0) is 15.9. The van der Waals surface area contributed by atoms with Crippen LogP contribution in [0, 0.1) is 0 Å². The predicted octanol–water partition coefficient (Wildman–Crippen LogP) is 3.83. The van der Waals surface area contributed by atoms with Crippen LogP contribution >= 0.6 is 27.5 Å². The lowest BCUT2D eigenvalue weighted by Crippen LogP contribution is -2.21. The summed E-state index contributed by atoms with van der Waals surface area (Å²) in [4.78, 5) is 23.4. The van der Waals surface area contributed by atoms with Gasteiger partial charge in [0.25, 0.3) is 5.91 Å². The van der Waals surface area contributed by atoms with E-state index in [1.807, 2.05) is 24.3 Å². The maximum atomic E-state index is 11.7. The van der Waals surface area contributed by atoms with Gasteiger partial charge in [0, 0.05) is 4.47 Å². The number of esters is 1. The number of hydrogen-bond acceptors (Lipinski definition) is 3. The highest BCUT2D eigenvalue weighted by Gasteiger charge is 2.10. The number of para-hydroxylation sites is 1. The summed E-state index contributed by atoms with van der Waals surface area (Å²) in [6.45, 7) is -0.347. The molecule has 6 heteroatoms. The Balaban J connectivity index is 1.79. The number of hydrogen-bond donors (Lipinski definition) is 1. The minimum Gasteiger partial charge on any atom is -0.455 e. The topological polar surface area (TPSA) is 55.4 Å². The fourth-order valence-electron chi connectivity index (χ4n) is 1.71. The lowest BCUT2D eigenvalue weighted by molar-refractivity contribution is -0.146. The lowest BCUT2D eigenvalue weighted by Gasteiger charge is -2.08. The van der Waals surface area contributed by atoms with Gasteiger partial charge in [0.15, 0.2) is 6.61 Å². The summed E-state index contributed by atoms with van der Waals surface area (Å²) in [7, 11) is 0. The summed E-state index contributed by atoms with van der Waals surface area (Å²) in [5, 5.41) is 3.01. The smallest absolute Gasteiger partial charge is 0.310 e. The molecule has 0 unspecified atom stereocenters. The Morgan fingerprint density at radius 2 is 1.77 bits per heavy atom. The van der Waals surface area contributed by atoms with E-state index >= 15 is 0 Å². The molecular weight excluding hydrogens is 370 g/mol. The van der Waals surface area contributed by atoms with E-state index in [1.54, 1.807) is 24.3 Å². The van der Waals surface area contributed by atoms with Crippen molar-refractivity contribution in [2.75, 3.05) is 11.9 Å². The number of ether oxygens (including phenoxy) is 1. The van der Waals surface area contributed by atoms with Gasteiger partial charge in [0.05, 0.1) is 17.1 Å². The minimum atomic E-state index is -0.461. The normalized spacial score (nSPS) is 10.1. The van der Waals surface area contributed by atoms with E-state index in [2.05, 4.69) is 21.2 Å². The third-order valence-electron chi connectivity index (χ3n) is 2.77. The first-order chi connectivity index (χ1) is 10.5. The molecule has 2 rings (SSSR count). The predicted molar refractivity (Wildman–Crippen MR) is 88.9 cm³/mol. The first-order valence-corrected chi connectivity index (χ1v) is 7.66. The average Bonchev–Trinajstić information content (AvgIpc) is 2.50. The standard InChI is InChI=1S/C16H13BrClNO3/c17-12-7-5-11(6-8-12)9-16(21)22-10-15(20)19-14-4-2-1-3-13(14)18/h1-8H,9-10H2,(H,19,20). The summed E-state index contributed by atoms with van der Waals surface area (Å²) in [5.41, 5.74) is 1.30. The molecule has 0 saturated carbocycles. The fourth-order valence-corrected chi connectivity index (χ4v) is 2.16. The molecule has 114 valence electrons. The van der Waals surface area contributed by atoms with E-state index in [0.717, 1.165) is 10.0 Å². The molecule has 0 aliphatic heterocycles. The van der Waals surface area contributed by atoms with E-state index in [0.29, 0.717) is 10.7 Å². The molecule has 0 aliphatic carbocycles. The maximum absolute atomic E-state index is 11.7. The molecule has 22 heavy (non-hydrogen) atoms. The number of benzene rings is 2. The Morgan fingerprint density at radius 3 is 2.45 bits per heavy atom. The number of amides is 1. The number of rotatable bonds is 5. The van der Waals surface area contributed by atoms with Gasteiger partial charge in [-0.15, -0.1) is 0 Å². The number of anilines is 1. The molecule has 0 spiro atoms. The molecule has 0 fully saturated rings. The van der Waals surface area contributed by atoms with Crippen molar-refractivity contribution < 1.29 is 14.3 Å². The van der Waals surface area contributed by atoms with E-state index < -0.39 is 11.9 Å². The van der Waals surface area contributed by atoms with Crippen molar-refractivity contribution in [1.29, 1.82) is 0 Å². The zero-order valence-electron chi connectivity index (χ0n) is 11.5. The first-order valence-electron chi connectivity index (χ1n) is 6.49. The van der Waals surface area contributed by atoms with Gasteiger partial charge in [-0.05, 0) is 29.8 Å². The van der Waals surface area contributed by atoms with Crippen LogP contribution in [-0.2, 0) is 20.7 Å². The van der Waals surface area contributed by atoms with Crippen molar-refractivity contribution in [2.24, 2.45) is 0 Å². The molecule has 2 aromatic rings. The third kappa shape index (κ3) is 5.16. The van der Waals surface area contributed by atoms with Crippen LogP contribution in [0.25, 0.3) is 0 Å². The van der Waals surface area contributed by atoms with E-state index in [9.17, 15) is 9.59 Å². The summed E-state index contributed by atoms with van der Waals surface area (Å²) in [6, 6.07) is 14.2. The molecule has 0 radical (unpaired) electrons. The Morgan fingerprint density at radius 1 is 1.09 bits per heavy atom. The highest BCUT2D eigenvalue weighted by Crippen LogP contribution is 2.20. The lowest BCUT2D eigenvalue weighted by atomic mass is 10.2. The molecule has 0 aliphatic rings. The number of carbonyl (C=O) groups is 2. The number of halogens is 2. The summed E-state index contributed by atoms with van der Waals surface area (Å²) in [6.07, 6.45) is 0.118. The van der Waals surface area contributed by atoms with Gasteiger partial charge in [0.2, 0.25) is 0 Å². The first kappa shape index (κ1) is 16.5. The van der Waals surface area contributed by atoms with Gasteiger partial charge < -0.3 is 10.1 Å². The quantitative estimate of drug-likeness (QED) is 0.800. The van der Waals surface area contributed by atoms with Crippen LogP contribution in [0.15, 0.2) is 53.0 Å². The van der Waals surface area contributed by atoms with Crippen molar-refractivity contribution in [1.82, 2.24) is 0 Å². The molecule has 0 aromatic heterocycles. The Labute approximate surface area is 141 Å². The fraction of sp³-hybridized carbons (Fsp3) is 0.125. The average molecular weight is 383 g/mol. The van der Waals surface area contributed by atoms with E-state index in [1.165, 1.54) is 0 Å². The van der Waals surface area contributed by atoms with Gasteiger partial charge in [0.1, 0.15) is 0 Å². The van der Waals surface area contributed by atoms with Crippen LogP contribution in [0.4, 0.5) is 5.69 Å². The maximum Gasteiger partial charge on any atom is 0.310 e. The van der Waals surface area contributed by atoms with Gasteiger partial charge in [-0.1, -0.05) is 51.8 Å². The second-order valence-corrected chi connectivity index (χ2v) is 5.81. The zero-order valence-corrected chi connectivity index (χ0v) is 13.9. The van der Waals surface area contributed by atoms with Crippen LogP contribution in [0.1, 0.15) is 5.56 Å². The van der Waals surface area contributed by atoms with Crippen molar-refractivity contribution in [3.8, 4) is 0 Å². The van der Waals surface area contributed by atoms with E-state index in [4.69, 9.17) is 16.3 Å². The molecule has 0 heterocycles. The van der Waals surface area contributed by atoms with Crippen molar-refractivity contribution in [2.45, 2.75) is 6.42 Å². The highest BCUT2D eigenvalue weighted by molar-refractivity contribution is 9.10. The molecule has 0 saturated heterocycles. The number of carbonyl (C=O) groups excluding carboxylic acids is 2. The molecule has 1 N–H and O–H groups in total. The molecule has 2 aromatic carbocycles. The summed E-state index contributed by atoms with van der Waals surface area (Å²) in [5.74, 6) is -0.895. The van der Waals surface area contributed by atoms with Crippen molar-refractivity contribution in [3.05, 3.63) is 63.6 Å². The monoisotopic (exact) mass is 381 g/mol. The van der Waals surface area contributed by atoms with E-state index in [-0.39, 0.29) is 13.0 Å². The molecular formula is C16H13BrClNO3. The van der Waals surface area contributed by atoms with Crippen molar-refractivity contribution >= 4 is 45.1 Å². The van der Waals surface area contributed by atoms with Gasteiger partial charge >= 0.3 is 5.97 Å². The van der Waals surface area contributed by atoms with Crippen LogP contribution in [0.3, 0.4) is 0 Å². The second kappa shape index (κ2) is 7.96. The summed E-state index contributed by atoms with van der Waals surface area (Å²) < 4.78 is 5.88. The largest absolute Gasteiger partial charge is 0.455 e. The van der Waals surface area contributed by atoms with Gasteiger partial charge in [-0.3, -0.25) is 9.59 Å². The SMILES string of the molecule is O=C(COC(=O)Cc1ccc(Br)cc1)Nc1ccccc1Cl. The Hall–Kier alpha value is -1.85. The van der Waals surface area contributed by atoms with Crippen LogP contribution < -0.4 is 5.32 Å².